The van der Waals surface area contributed by atoms with Gasteiger partial charge in [0.05, 0.1) is 5.56 Å². The number of carbonyl (C=O) groups excluding carboxylic acids is 1. The molecule has 0 radical (unpaired) electrons. The number of carbonyl (C=O) groups is 1. The lowest BCUT2D eigenvalue weighted by Crippen LogP contribution is -2.38. The number of benzene rings is 1. The highest BCUT2D eigenvalue weighted by Crippen LogP contribution is 2.16. The molecule has 0 amide bonds. The highest BCUT2D eigenvalue weighted by molar-refractivity contribution is 6.60. The number of esters is 1. The molecule has 1 aromatic carbocycles. The second-order valence-corrected chi connectivity index (χ2v) is 5.11. The summed E-state index contributed by atoms with van der Waals surface area (Å²) in [7, 11) is -1.98. The van der Waals surface area contributed by atoms with Crippen LogP contribution in [0, 0.1) is 5.82 Å². The van der Waals surface area contributed by atoms with E-state index in [9.17, 15) is 19.2 Å². The first kappa shape index (κ1) is 15.6. The van der Waals surface area contributed by atoms with E-state index in [4.69, 9.17) is 10.5 Å². The summed E-state index contributed by atoms with van der Waals surface area (Å²) in [6.45, 7) is 4.90. The van der Waals surface area contributed by atoms with E-state index in [-0.39, 0.29) is 23.1 Å². The zero-order valence-electron chi connectivity index (χ0n) is 11.1. The topological polar surface area (TPSA) is 92.8 Å². The molecule has 0 fully saturated rings. The molecule has 104 valence electrons. The molecule has 7 heteroatoms. The van der Waals surface area contributed by atoms with Gasteiger partial charge in [-0.2, -0.15) is 0 Å². The number of ether oxygens (including phenoxy) is 1. The Morgan fingerprint density at radius 2 is 2.00 bits per heavy atom. The summed E-state index contributed by atoms with van der Waals surface area (Å²) in [5.41, 5.74) is 4.50. The van der Waals surface area contributed by atoms with Gasteiger partial charge in [-0.05, 0) is 43.9 Å². The third-order valence-corrected chi connectivity index (χ3v) is 2.32. The van der Waals surface area contributed by atoms with Crippen LogP contribution in [0.25, 0.3) is 0 Å². The Labute approximate surface area is 111 Å². The highest BCUT2D eigenvalue weighted by Gasteiger charge is 2.28. The maximum atomic E-state index is 13.3. The standard InChI is InChI=1S/C12H17BFNO4/c1-12(2,3)19-11(16)10-7(6-15)4-8(14)5-9(10)13(17)18/h4-5,17-18H,6,15H2,1-3H3. The van der Waals surface area contributed by atoms with Gasteiger partial charge < -0.3 is 20.5 Å². The molecule has 0 aliphatic rings. The maximum Gasteiger partial charge on any atom is 0.489 e. The molecule has 19 heavy (non-hydrogen) atoms. The van der Waals surface area contributed by atoms with E-state index in [1.165, 1.54) is 0 Å². The predicted molar refractivity (Wildman–Crippen MR) is 69.3 cm³/mol. The van der Waals surface area contributed by atoms with Crippen molar-refractivity contribution in [3.63, 3.8) is 0 Å². The SMILES string of the molecule is CC(C)(C)OC(=O)c1c(CN)cc(F)cc1B(O)O. The fourth-order valence-electron chi connectivity index (χ4n) is 1.63. The van der Waals surface area contributed by atoms with Gasteiger partial charge in [0.15, 0.2) is 0 Å². The van der Waals surface area contributed by atoms with E-state index < -0.39 is 24.5 Å². The van der Waals surface area contributed by atoms with Crippen molar-refractivity contribution in [2.75, 3.05) is 0 Å². The lowest BCUT2D eigenvalue weighted by molar-refractivity contribution is 0.00693. The Bertz CT molecular complexity index is 485. The molecule has 0 saturated heterocycles. The molecule has 0 bridgehead atoms. The van der Waals surface area contributed by atoms with E-state index >= 15 is 0 Å². The normalized spacial score (nSPS) is 11.3. The summed E-state index contributed by atoms with van der Waals surface area (Å²) in [6.07, 6.45) is 0. The minimum absolute atomic E-state index is 0.103. The van der Waals surface area contributed by atoms with E-state index in [0.29, 0.717) is 0 Å². The second kappa shape index (κ2) is 5.69. The third kappa shape index (κ3) is 4.02. The molecular formula is C12H17BFNO4. The quantitative estimate of drug-likeness (QED) is 0.527. The van der Waals surface area contributed by atoms with Gasteiger partial charge in [0.1, 0.15) is 11.4 Å². The fourth-order valence-corrected chi connectivity index (χ4v) is 1.63. The number of hydrogen-bond acceptors (Lipinski definition) is 5. The Morgan fingerprint density at radius 3 is 2.42 bits per heavy atom. The summed E-state index contributed by atoms with van der Waals surface area (Å²) >= 11 is 0. The van der Waals surface area contributed by atoms with Gasteiger partial charge in [0, 0.05) is 6.54 Å². The van der Waals surface area contributed by atoms with Crippen molar-refractivity contribution in [1.82, 2.24) is 0 Å². The van der Waals surface area contributed by atoms with Gasteiger partial charge in [-0.15, -0.1) is 0 Å². The zero-order chi connectivity index (χ0) is 14.8. The van der Waals surface area contributed by atoms with Crippen LogP contribution >= 0.6 is 0 Å². The molecule has 0 aliphatic heterocycles. The molecule has 5 nitrogen and oxygen atoms in total. The smallest absolute Gasteiger partial charge is 0.456 e. The maximum absolute atomic E-state index is 13.3. The number of nitrogens with two attached hydrogens (primary N) is 1. The molecule has 0 heterocycles. The van der Waals surface area contributed by atoms with Gasteiger partial charge in [-0.25, -0.2) is 9.18 Å². The van der Waals surface area contributed by atoms with Gasteiger partial charge in [0.2, 0.25) is 0 Å². The largest absolute Gasteiger partial charge is 0.489 e. The van der Waals surface area contributed by atoms with E-state index in [1.54, 1.807) is 20.8 Å². The van der Waals surface area contributed by atoms with Crippen molar-refractivity contribution in [2.24, 2.45) is 5.73 Å². The monoisotopic (exact) mass is 269 g/mol. The van der Waals surface area contributed by atoms with Gasteiger partial charge in [0.25, 0.3) is 0 Å². The predicted octanol–water partition coefficient (Wildman–Crippen LogP) is -0.0805. The Hall–Kier alpha value is -1.44. The summed E-state index contributed by atoms with van der Waals surface area (Å²) in [6, 6.07) is 1.95. The highest BCUT2D eigenvalue weighted by atomic mass is 19.1. The number of halogens is 1. The van der Waals surface area contributed by atoms with Crippen LogP contribution in [-0.4, -0.2) is 28.7 Å². The minimum atomic E-state index is -1.98. The molecule has 1 rings (SSSR count). The first-order chi connectivity index (χ1) is 8.65. The van der Waals surface area contributed by atoms with Crippen LogP contribution in [0.2, 0.25) is 0 Å². The minimum Gasteiger partial charge on any atom is -0.456 e. The fraction of sp³-hybridized carbons (Fsp3) is 0.417. The van der Waals surface area contributed by atoms with E-state index in [2.05, 4.69) is 0 Å². The average Bonchev–Trinajstić information content (AvgIpc) is 2.24. The molecule has 0 aromatic heterocycles. The Morgan fingerprint density at radius 1 is 1.42 bits per heavy atom. The van der Waals surface area contributed by atoms with Gasteiger partial charge in [-0.1, -0.05) is 0 Å². The van der Waals surface area contributed by atoms with Crippen molar-refractivity contribution in [1.29, 1.82) is 0 Å². The molecule has 0 atom stereocenters. The van der Waals surface area contributed by atoms with Crippen LogP contribution in [0.5, 0.6) is 0 Å². The van der Waals surface area contributed by atoms with Crippen molar-refractivity contribution in [3.05, 3.63) is 29.1 Å². The second-order valence-electron chi connectivity index (χ2n) is 5.11. The van der Waals surface area contributed by atoms with Crippen molar-refractivity contribution in [2.45, 2.75) is 32.9 Å². The first-order valence-electron chi connectivity index (χ1n) is 5.77. The van der Waals surface area contributed by atoms with Crippen LogP contribution in [0.4, 0.5) is 4.39 Å². The molecule has 1 aromatic rings. The molecule has 0 spiro atoms. The molecule has 0 saturated carbocycles. The Balaban J connectivity index is 3.34. The lowest BCUT2D eigenvalue weighted by atomic mass is 9.75. The number of rotatable bonds is 3. The van der Waals surface area contributed by atoms with Crippen LogP contribution in [0.15, 0.2) is 12.1 Å². The van der Waals surface area contributed by atoms with Crippen LogP contribution in [0.3, 0.4) is 0 Å². The summed E-state index contributed by atoms with van der Waals surface area (Å²) in [5.74, 6) is -1.47. The van der Waals surface area contributed by atoms with Crippen LogP contribution < -0.4 is 11.2 Å². The number of hydrogen-bond donors (Lipinski definition) is 3. The van der Waals surface area contributed by atoms with Gasteiger partial charge in [-0.3, -0.25) is 0 Å². The van der Waals surface area contributed by atoms with Crippen molar-refractivity contribution < 1.29 is 24.0 Å². The molecular weight excluding hydrogens is 252 g/mol. The average molecular weight is 269 g/mol. The summed E-state index contributed by atoms with van der Waals surface area (Å²) in [5, 5.41) is 18.5. The molecule has 0 aliphatic carbocycles. The summed E-state index contributed by atoms with van der Waals surface area (Å²) in [4.78, 5) is 12.1. The van der Waals surface area contributed by atoms with E-state index in [0.717, 1.165) is 12.1 Å². The third-order valence-electron chi connectivity index (χ3n) is 2.32. The summed E-state index contributed by atoms with van der Waals surface area (Å²) < 4.78 is 18.5. The van der Waals surface area contributed by atoms with Gasteiger partial charge >= 0.3 is 13.1 Å². The van der Waals surface area contributed by atoms with Crippen molar-refractivity contribution in [3.8, 4) is 0 Å². The first-order valence-corrected chi connectivity index (χ1v) is 5.77. The van der Waals surface area contributed by atoms with E-state index in [1.807, 2.05) is 0 Å². The Kier molecular flexibility index (Phi) is 4.68. The molecule has 4 N–H and O–H groups in total. The van der Waals surface area contributed by atoms with Crippen LogP contribution in [-0.2, 0) is 11.3 Å². The van der Waals surface area contributed by atoms with Crippen molar-refractivity contribution >= 4 is 18.6 Å². The van der Waals surface area contributed by atoms with Crippen LogP contribution in [0.1, 0.15) is 36.7 Å². The lowest BCUT2D eigenvalue weighted by Gasteiger charge is -2.22. The molecule has 0 unspecified atom stereocenters. The zero-order valence-corrected chi connectivity index (χ0v) is 11.1.